The molecule has 0 radical (unpaired) electrons. The van der Waals surface area contributed by atoms with Crippen LogP contribution in [0.5, 0.6) is 5.75 Å². The van der Waals surface area contributed by atoms with Crippen molar-refractivity contribution in [1.29, 1.82) is 0 Å². The second kappa shape index (κ2) is 9.81. The van der Waals surface area contributed by atoms with Crippen LogP contribution in [0.2, 0.25) is 15.1 Å². The van der Waals surface area contributed by atoms with Gasteiger partial charge in [0.15, 0.2) is 0 Å². The van der Waals surface area contributed by atoms with Crippen LogP contribution in [-0.4, -0.2) is 0 Å². The monoisotopic (exact) mass is 483 g/mol. The minimum absolute atomic E-state index is 0.370. The number of hydrogen-bond donors (Lipinski definition) is 1. The molecule has 0 heterocycles. The van der Waals surface area contributed by atoms with Crippen molar-refractivity contribution >= 4 is 50.7 Å². The van der Waals surface area contributed by atoms with Gasteiger partial charge in [-0.05, 0) is 42.0 Å². The Balaban J connectivity index is 1.66. The molecule has 0 atom stereocenters. The van der Waals surface area contributed by atoms with Crippen LogP contribution in [0, 0.1) is 0 Å². The summed E-state index contributed by atoms with van der Waals surface area (Å²) in [4.78, 5) is 0. The fraction of sp³-hybridized carbons (Fsp3) is 0.143. The first-order valence-electron chi connectivity index (χ1n) is 8.32. The van der Waals surface area contributed by atoms with E-state index in [0.29, 0.717) is 29.7 Å². The minimum Gasteiger partial charge on any atom is -0.489 e. The lowest BCUT2D eigenvalue weighted by molar-refractivity contribution is 0.302. The van der Waals surface area contributed by atoms with E-state index in [2.05, 4.69) is 21.2 Å². The van der Waals surface area contributed by atoms with Gasteiger partial charge in [0.25, 0.3) is 0 Å². The van der Waals surface area contributed by atoms with Gasteiger partial charge in [-0.25, -0.2) is 0 Å². The molecule has 6 heteroatoms. The molecule has 0 saturated carbocycles. The van der Waals surface area contributed by atoms with E-state index < -0.39 is 0 Å². The van der Waals surface area contributed by atoms with Crippen LogP contribution in [0.3, 0.4) is 0 Å². The van der Waals surface area contributed by atoms with Crippen LogP contribution in [0.4, 0.5) is 0 Å². The zero-order chi connectivity index (χ0) is 19.2. The van der Waals surface area contributed by atoms with Crippen LogP contribution in [0.15, 0.2) is 65.1 Å². The summed E-state index contributed by atoms with van der Waals surface area (Å²) < 4.78 is 7.01. The lowest BCUT2D eigenvalue weighted by Gasteiger charge is -2.14. The van der Waals surface area contributed by atoms with E-state index in [1.807, 2.05) is 48.5 Å². The van der Waals surface area contributed by atoms with Crippen molar-refractivity contribution in [3.8, 4) is 5.75 Å². The molecular weight excluding hydrogens is 469 g/mol. The van der Waals surface area contributed by atoms with Crippen molar-refractivity contribution < 1.29 is 4.74 Å². The Bertz CT molecular complexity index is 933. The molecule has 3 aromatic carbocycles. The summed E-state index contributed by atoms with van der Waals surface area (Å²) in [6, 6.07) is 19.1. The van der Waals surface area contributed by atoms with Crippen molar-refractivity contribution in [1.82, 2.24) is 5.32 Å². The van der Waals surface area contributed by atoms with E-state index in [-0.39, 0.29) is 0 Å². The molecule has 3 rings (SSSR count). The van der Waals surface area contributed by atoms with E-state index in [0.717, 1.165) is 31.9 Å². The third-order valence-corrected chi connectivity index (χ3v) is 5.46. The average molecular weight is 486 g/mol. The zero-order valence-electron chi connectivity index (χ0n) is 14.3. The van der Waals surface area contributed by atoms with E-state index in [4.69, 9.17) is 39.5 Å². The zero-order valence-corrected chi connectivity index (χ0v) is 18.2. The number of benzene rings is 3. The van der Waals surface area contributed by atoms with Crippen molar-refractivity contribution in [3.63, 3.8) is 0 Å². The minimum atomic E-state index is 0.370. The lowest BCUT2D eigenvalue weighted by atomic mass is 10.1. The Morgan fingerprint density at radius 1 is 0.778 bits per heavy atom. The van der Waals surface area contributed by atoms with E-state index >= 15 is 0 Å². The number of halogens is 4. The van der Waals surface area contributed by atoms with Crippen LogP contribution in [-0.2, 0) is 19.7 Å². The Kier molecular flexibility index (Phi) is 7.45. The van der Waals surface area contributed by atoms with Gasteiger partial charge in [-0.15, -0.1) is 0 Å². The van der Waals surface area contributed by atoms with Gasteiger partial charge < -0.3 is 10.1 Å². The molecule has 1 N–H and O–H groups in total. The molecule has 0 aliphatic carbocycles. The third kappa shape index (κ3) is 5.87. The van der Waals surface area contributed by atoms with Crippen molar-refractivity contribution in [2.75, 3.05) is 0 Å². The van der Waals surface area contributed by atoms with Gasteiger partial charge in [-0.1, -0.05) is 75.0 Å². The molecule has 140 valence electrons. The summed E-state index contributed by atoms with van der Waals surface area (Å²) in [5.41, 5.74) is 2.99. The summed E-state index contributed by atoms with van der Waals surface area (Å²) in [6.07, 6.45) is 0. The van der Waals surface area contributed by atoms with E-state index in [9.17, 15) is 0 Å². The Labute approximate surface area is 182 Å². The summed E-state index contributed by atoms with van der Waals surface area (Å²) in [5.74, 6) is 0.802. The van der Waals surface area contributed by atoms with Crippen LogP contribution in [0.1, 0.15) is 16.7 Å². The molecule has 0 unspecified atom stereocenters. The predicted octanol–water partition coefficient (Wildman–Crippen LogP) is 7.28. The molecule has 0 fully saturated rings. The van der Waals surface area contributed by atoms with Crippen molar-refractivity contribution in [3.05, 3.63) is 96.9 Å². The highest BCUT2D eigenvalue weighted by Crippen LogP contribution is 2.27. The molecule has 0 spiro atoms. The van der Waals surface area contributed by atoms with Gasteiger partial charge in [0, 0.05) is 43.8 Å². The maximum Gasteiger partial charge on any atom is 0.124 e. The Hall–Kier alpha value is -1.23. The first kappa shape index (κ1) is 20.5. The molecule has 2 nitrogen and oxygen atoms in total. The molecule has 0 saturated heterocycles. The van der Waals surface area contributed by atoms with Gasteiger partial charge in [-0.3, -0.25) is 0 Å². The van der Waals surface area contributed by atoms with Gasteiger partial charge in [0.1, 0.15) is 12.4 Å². The topological polar surface area (TPSA) is 21.3 Å². The summed E-state index contributed by atoms with van der Waals surface area (Å²) in [5, 5.41) is 5.38. The number of rotatable bonds is 7. The standard InChI is InChI=1S/C21H17BrCl3NO/c22-17-6-8-21(27-13-15-5-7-18(23)10-20(15)25)16(9-17)12-26-11-14-3-1-2-4-19(14)24/h1-10,26H,11-13H2. The second-order valence-electron chi connectivity index (χ2n) is 5.97. The first-order chi connectivity index (χ1) is 13.0. The fourth-order valence-electron chi connectivity index (χ4n) is 2.59. The average Bonchev–Trinajstić information content (AvgIpc) is 2.64. The largest absolute Gasteiger partial charge is 0.489 e. The van der Waals surface area contributed by atoms with Gasteiger partial charge in [-0.2, -0.15) is 0 Å². The molecular formula is C21H17BrCl3NO. The summed E-state index contributed by atoms with van der Waals surface area (Å²) >= 11 is 21.9. The highest BCUT2D eigenvalue weighted by Gasteiger charge is 2.08. The number of ether oxygens (including phenoxy) is 1. The quantitative estimate of drug-likeness (QED) is 0.380. The van der Waals surface area contributed by atoms with E-state index in [1.54, 1.807) is 12.1 Å². The van der Waals surface area contributed by atoms with Crippen LogP contribution < -0.4 is 10.1 Å². The van der Waals surface area contributed by atoms with Gasteiger partial charge in [0.2, 0.25) is 0 Å². The van der Waals surface area contributed by atoms with Crippen LogP contribution in [0.25, 0.3) is 0 Å². The molecule has 0 aromatic heterocycles. The smallest absolute Gasteiger partial charge is 0.124 e. The SMILES string of the molecule is Clc1ccc(COc2ccc(Br)cc2CNCc2ccccc2Cl)c(Cl)c1. The second-order valence-corrected chi connectivity index (χ2v) is 8.14. The molecule has 0 aliphatic rings. The molecule has 27 heavy (non-hydrogen) atoms. The third-order valence-electron chi connectivity index (χ3n) is 4.01. The first-order valence-corrected chi connectivity index (χ1v) is 10.2. The normalized spacial score (nSPS) is 10.8. The molecule has 3 aromatic rings. The maximum absolute atomic E-state index is 6.23. The van der Waals surface area contributed by atoms with Crippen molar-refractivity contribution in [2.24, 2.45) is 0 Å². The maximum atomic E-state index is 6.23. The Morgan fingerprint density at radius 2 is 1.56 bits per heavy atom. The molecule has 0 bridgehead atoms. The van der Waals surface area contributed by atoms with E-state index in [1.165, 1.54) is 0 Å². The van der Waals surface area contributed by atoms with Crippen molar-refractivity contribution in [2.45, 2.75) is 19.7 Å². The number of nitrogens with one attached hydrogen (secondary N) is 1. The lowest BCUT2D eigenvalue weighted by Crippen LogP contribution is -2.14. The van der Waals surface area contributed by atoms with Crippen LogP contribution >= 0.6 is 50.7 Å². The summed E-state index contributed by atoms with van der Waals surface area (Å²) in [7, 11) is 0. The van der Waals surface area contributed by atoms with Gasteiger partial charge >= 0.3 is 0 Å². The summed E-state index contributed by atoms with van der Waals surface area (Å²) in [6.45, 7) is 1.69. The predicted molar refractivity (Wildman–Crippen MR) is 117 cm³/mol. The molecule has 0 aliphatic heterocycles. The Morgan fingerprint density at radius 3 is 2.33 bits per heavy atom. The highest BCUT2D eigenvalue weighted by atomic mass is 79.9. The highest BCUT2D eigenvalue weighted by molar-refractivity contribution is 9.10. The fourth-order valence-corrected chi connectivity index (χ4v) is 3.67. The number of hydrogen-bond acceptors (Lipinski definition) is 2. The molecule has 0 amide bonds. The van der Waals surface area contributed by atoms with Gasteiger partial charge in [0.05, 0.1) is 0 Å².